The smallest absolute Gasteiger partial charge is 0.238 e. The van der Waals surface area contributed by atoms with E-state index in [-0.39, 0.29) is 29.6 Å². The van der Waals surface area contributed by atoms with Gasteiger partial charge in [-0.05, 0) is 31.4 Å². The number of allylic oxidation sites excluding steroid dienone is 2. The van der Waals surface area contributed by atoms with Crippen LogP contribution in [0.3, 0.4) is 0 Å². The number of rotatable bonds is 1. The lowest BCUT2D eigenvalue weighted by molar-refractivity contribution is -0.122. The highest BCUT2D eigenvalue weighted by Crippen LogP contribution is 2.42. The summed E-state index contributed by atoms with van der Waals surface area (Å²) in [7, 11) is 0. The Hall–Kier alpha value is -1.90. The van der Waals surface area contributed by atoms with Gasteiger partial charge in [-0.3, -0.25) is 14.5 Å². The number of fused-ring (bicyclic) bond motifs is 1. The van der Waals surface area contributed by atoms with Gasteiger partial charge in [-0.2, -0.15) is 0 Å². The van der Waals surface area contributed by atoms with Crippen LogP contribution < -0.4 is 4.90 Å². The Balaban J connectivity index is 2.00. The molecule has 0 radical (unpaired) electrons. The lowest BCUT2D eigenvalue weighted by Gasteiger charge is -2.25. The van der Waals surface area contributed by atoms with Gasteiger partial charge >= 0.3 is 0 Å². The summed E-state index contributed by atoms with van der Waals surface area (Å²) >= 11 is 0. The van der Waals surface area contributed by atoms with Gasteiger partial charge in [-0.1, -0.05) is 36.8 Å². The first kappa shape index (κ1) is 12.2. The average Bonchev–Trinajstić information content (AvgIpc) is 2.62. The number of para-hydroxylation sites is 1. The molecule has 0 spiro atoms. The van der Waals surface area contributed by atoms with E-state index in [1.54, 1.807) is 0 Å². The number of anilines is 1. The van der Waals surface area contributed by atoms with E-state index in [4.69, 9.17) is 0 Å². The van der Waals surface area contributed by atoms with E-state index >= 15 is 0 Å². The normalized spacial score (nSPS) is 30.3. The molecule has 1 aliphatic carbocycles. The minimum Gasteiger partial charge on any atom is -0.274 e. The van der Waals surface area contributed by atoms with Crippen molar-refractivity contribution in [3.8, 4) is 0 Å². The zero-order valence-electron chi connectivity index (χ0n) is 11.2. The van der Waals surface area contributed by atoms with Crippen molar-refractivity contribution in [2.45, 2.75) is 20.3 Å². The van der Waals surface area contributed by atoms with Gasteiger partial charge in [0.2, 0.25) is 11.8 Å². The largest absolute Gasteiger partial charge is 0.274 e. The third-order valence-electron chi connectivity index (χ3n) is 4.15. The molecular weight excluding hydrogens is 238 g/mol. The molecule has 2 amide bonds. The Labute approximate surface area is 112 Å². The van der Waals surface area contributed by atoms with Crippen LogP contribution in [0.2, 0.25) is 0 Å². The van der Waals surface area contributed by atoms with Crippen LogP contribution in [0.15, 0.2) is 42.0 Å². The molecule has 2 aliphatic rings. The van der Waals surface area contributed by atoms with Crippen molar-refractivity contribution in [2.75, 3.05) is 4.90 Å². The molecule has 0 N–H and O–H groups in total. The molecule has 1 saturated heterocycles. The first-order valence-corrected chi connectivity index (χ1v) is 6.69. The van der Waals surface area contributed by atoms with E-state index in [1.165, 1.54) is 10.5 Å². The molecule has 1 aliphatic heterocycles. The van der Waals surface area contributed by atoms with Gasteiger partial charge in [0.1, 0.15) is 0 Å². The van der Waals surface area contributed by atoms with E-state index in [2.05, 4.69) is 6.08 Å². The molecular formula is C16H17NO2. The molecule has 98 valence electrons. The molecule has 1 aromatic rings. The van der Waals surface area contributed by atoms with Gasteiger partial charge in [0.05, 0.1) is 17.5 Å². The fraction of sp³-hybridized carbons (Fsp3) is 0.375. The number of carbonyl (C=O) groups is 2. The molecule has 3 heteroatoms. The average molecular weight is 255 g/mol. The highest BCUT2D eigenvalue weighted by atomic mass is 16.2. The van der Waals surface area contributed by atoms with E-state index in [1.807, 2.05) is 44.2 Å². The Bertz CT molecular complexity index is 561. The molecule has 0 unspecified atom stereocenters. The number of imide groups is 1. The lowest BCUT2D eigenvalue weighted by Crippen LogP contribution is -2.31. The highest BCUT2D eigenvalue weighted by molar-refractivity contribution is 6.22. The molecule has 3 nitrogen and oxygen atoms in total. The van der Waals surface area contributed by atoms with Crippen LogP contribution in [0.25, 0.3) is 0 Å². The van der Waals surface area contributed by atoms with Crippen LogP contribution in [0.1, 0.15) is 20.3 Å². The molecule has 1 aromatic carbocycles. The summed E-state index contributed by atoms with van der Waals surface area (Å²) in [4.78, 5) is 26.4. The Morgan fingerprint density at radius 1 is 1.11 bits per heavy atom. The molecule has 1 heterocycles. The molecule has 0 aromatic heterocycles. The predicted molar refractivity (Wildman–Crippen MR) is 73.5 cm³/mol. The maximum atomic E-state index is 12.5. The number of benzene rings is 1. The summed E-state index contributed by atoms with van der Waals surface area (Å²) in [5.74, 6) is -0.300. The molecule has 0 saturated carbocycles. The summed E-state index contributed by atoms with van der Waals surface area (Å²) in [5, 5.41) is 0. The number of hydrogen-bond donors (Lipinski definition) is 0. The van der Waals surface area contributed by atoms with Gasteiger partial charge in [-0.25, -0.2) is 0 Å². The van der Waals surface area contributed by atoms with Crippen molar-refractivity contribution >= 4 is 17.5 Å². The van der Waals surface area contributed by atoms with Crippen molar-refractivity contribution < 1.29 is 9.59 Å². The third kappa shape index (κ3) is 1.81. The monoisotopic (exact) mass is 255 g/mol. The molecule has 3 atom stereocenters. The first-order chi connectivity index (χ1) is 9.09. The molecule has 1 fully saturated rings. The Morgan fingerprint density at radius 2 is 1.79 bits per heavy atom. The van der Waals surface area contributed by atoms with Crippen LogP contribution in [-0.4, -0.2) is 11.8 Å². The van der Waals surface area contributed by atoms with Crippen LogP contribution in [0.4, 0.5) is 5.69 Å². The summed E-state index contributed by atoms with van der Waals surface area (Å²) in [5.41, 5.74) is 1.90. The van der Waals surface area contributed by atoms with Crippen molar-refractivity contribution in [3.05, 3.63) is 42.0 Å². The van der Waals surface area contributed by atoms with Crippen LogP contribution >= 0.6 is 0 Å². The molecule has 3 rings (SSSR count). The number of carbonyl (C=O) groups excluding carboxylic acids is 2. The van der Waals surface area contributed by atoms with Gasteiger partial charge < -0.3 is 0 Å². The Morgan fingerprint density at radius 3 is 2.47 bits per heavy atom. The number of amides is 2. The first-order valence-electron chi connectivity index (χ1n) is 6.69. The highest BCUT2D eigenvalue weighted by Gasteiger charge is 2.51. The van der Waals surface area contributed by atoms with Crippen LogP contribution in [-0.2, 0) is 9.59 Å². The van der Waals surface area contributed by atoms with Crippen molar-refractivity contribution in [2.24, 2.45) is 17.8 Å². The minimum absolute atomic E-state index is 0.0412. The second kappa shape index (κ2) is 4.34. The minimum atomic E-state index is -0.184. The summed E-state index contributed by atoms with van der Waals surface area (Å²) in [6, 6.07) is 9.22. The lowest BCUT2D eigenvalue weighted by atomic mass is 9.76. The van der Waals surface area contributed by atoms with Crippen molar-refractivity contribution in [3.63, 3.8) is 0 Å². The second-order valence-electron chi connectivity index (χ2n) is 5.56. The quantitative estimate of drug-likeness (QED) is 0.571. The fourth-order valence-electron chi connectivity index (χ4n) is 3.35. The van der Waals surface area contributed by atoms with E-state index in [9.17, 15) is 9.59 Å². The van der Waals surface area contributed by atoms with Crippen molar-refractivity contribution in [1.29, 1.82) is 0 Å². The van der Waals surface area contributed by atoms with E-state index in [0.29, 0.717) is 12.1 Å². The predicted octanol–water partition coefficient (Wildman–Crippen LogP) is 2.78. The summed E-state index contributed by atoms with van der Waals surface area (Å²) in [6.45, 7) is 4.07. The van der Waals surface area contributed by atoms with Gasteiger partial charge in [0.15, 0.2) is 0 Å². The van der Waals surface area contributed by atoms with Crippen LogP contribution in [0.5, 0.6) is 0 Å². The van der Waals surface area contributed by atoms with Crippen molar-refractivity contribution in [1.82, 2.24) is 0 Å². The number of nitrogens with zero attached hydrogens (tertiary/aromatic N) is 1. The molecule has 0 bridgehead atoms. The fourth-order valence-corrected chi connectivity index (χ4v) is 3.35. The maximum Gasteiger partial charge on any atom is 0.238 e. The maximum absolute atomic E-state index is 12.5. The SMILES string of the molecule is CC1=C[C@H](C)[C@@H]2C(=O)N(c3ccccc3)C(=O)[C@@H]2C1. The summed E-state index contributed by atoms with van der Waals surface area (Å²) in [6.07, 6.45) is 2.84. The Kier molecular flexibility index (Phi) is 2.77. The van der Waals surface area contributed by atoms with Crippen LogP contribution in [0, 0.1) is 17.8 Å². The second-order valence-corrected chi connectivity index (χ2v) is 5.56. The topological polar surface area (TPSA) is 37.4 Å². The molecule has 19 heavy (non-hydrogen) atoms. The summed E-state index contributed by atoms with van der Waals surface area (Å²) < 4.78 is 0. The number of hydrogen-bond acceptors (Lipinski definition) is 2. The van der Waals surface area contributed by atoms with Gasteiger partial charge in [0, 0.05) is 0 Å². The third-order valence-corrected chi connectivity index (χ3v) is 4.15. The van der Waals surface area contributed by atoms with Gasteiger partial charge in [-0.15, -0.1) is 0 Å². The zero-order chi connectivity index (χ0) is 13.6. The van der Waals surface area contributed by atoms with Gasteiger partial charge in [0.25, 0.3) is 0 Å². The standard InChI is InChI=1S/C16H17NO2/c1-10-8-11(2)14-13(9-10)15(18)17(16(14)19)12-6-4-3-5-7-12/h3-8,11,13-14H,9H2,1-2H3/t11-,13+,14-/m0/s1. The van der Waals surface area contributed by atoms with E-state index < -0.39 is 0 Å². The van der Waals surface area contributed by atoms with E-state index in [0.717, 1.165) is 0 Å². The zero-order valence-corrected chi connectivity index (χ0v) is 11.2.